The average molecular weight is 253 g/mol. The minimum absolute atomic E-state index is 0.399. The number of rotatable bonds is 2. The molecule has 0 heterocycles. The van der Waals surface area contributed by atoms with Crippen molar-refractivity contribution in [2.75, 3.05) is 5.88 Å². The van der Waals surface area contributed by atoms with Crippen LogP contribution in [-0.4, -0.2) is 10.8 Å². The molecule has 0 aromatic heterocycles. The van der Waals surface area contributed by atoms with Gasteiger partial charge in [0.1, 0.15) is 0 Å². The van der Waals surface area contributed by atoms with E-state index in [1.165, 1.54) is 16.7 Å². The summed E-state index contributed by atoms with van der Waals surface area (Å²) in [5.41, 5.74) is 3.80. The van der Waals surface area contributed by atoms with Gasteiger partial charge in [-0.3, -0.25) is 0 Å². The molecule has 0 bridgehead atoms. The molecule has 0 aliphatic heterocycles. The van der Waals surface area contributed by atoms with Crippen LogP contribution >= 0.6 is 23.2 Å². The zero-order valence-corrected chi connectivity index (χ0v) is 10.7. The molecule has 1 aromatic carbocycles. The Morgan fingerprint density at radius 1 is 1.25 bits per heavy atom. The summed E-state index contributed by atoms with van der Waals surface area (Å²) < 4.78 is 0. The maximum absolute atomic E-state index is 6.35. The van der Waals surface area contributed by atoms with Crippen LogP contribution in [0.2, 0.25) is 0 Å². The summed E-state index contributed by atoms with van der Waals surface area (Å²) in [6.07, 6.45) is 4.92. The van der Waals surface area contributed by atoms with Gasteiger partial charge in [0, 0.05) is 5.88 Å². The number of hydrogen-bond acceptors (Lipinski definition) is 0. The number of hydrogen-bond donors (Lipinski definition) is 0. The summed E-state index contributed by atoms with van der Waals surface area (Å²) in [7, 11) is 0. The van der Waals surface area contributed by atoms with Gasteiger partial charge >= 0.3 is 0 Å². The van der Waals surface area contributed by atoms with Crippen molar-refractivity contribution in [1.82, 2.24) is 0 Å². The molecule has 0 N–H and O–H groups in total. The molecule has 0 nitrogen and oxygen atoms in total. The number of benzene rings is 1. The van der Waals surface area contributed by atoms with E-state index >= 15 is 0 Å². The lowest BCUT2D eigenvalue weighted by atomic mass is 9.88. The fraction of sp³-hybridized carbons (Fsp3) is 0.286. The van der Waals surface area contributed by atoms with Crippen molar-refractivity contribution in [1.29, 1.82) is 0 Å². The SMILES string of the molecule is CC1=C(c2ccccc2)C=CC(Cl)(CCl)C1. The largest absolute Gasteiger partial charge is 0.124 e. The molecule has 2 heteroatoms. The second kappa shape index (κ2) is 4.65. The Kier molecular flexibility index (Phi) is 3.41. The zero-order valence-electron chi connectivity index (χ0n) is 9.21. The van der Waals surface area contributed by atoms with Crippen molar-refractivity contribution < 1.29 is 0 Å². The first kappa shape index (κ1) is 11.8. The van der Waals surface area contributed by atoms with Gasteiger partial charge in [0.25, 0.3) is 0 Å². The smallest absolute Gasteiger partial charge is 0.0801 e. The highest BCUT2D eigenvalue weighted by atomic mass is 35.5. The van der Waals surface area contributed by atoms with Gasteiger partial charge in [-0.15, -0.1) is 23.2 Å². The van der Waals surface area contributed by atoms with Crippen molar-refractivity contribution in [3.63, 3.8) is 0 Å². The molecular weight excluding hydrogens is 239 g/mol. The lowest BCUT2D eigenvalue weighted by Crippen LogP contribution is -2.23. The summed E-state index contributed by atoms with van der Waals surface area (Å²) in [6.45, 7) is 2.12. The van der Waals surface area contributed by atoms with Gasteiger partial charge < -0.3 is 0 Å². The maximum Gasteiger partial charge on any atom is 0.0801 e. The van der Waals surface area contributed by atoms with Crippen molar-refractivity contribution in [2.24, 2.45) is 0 Å². The lowest BCUT2D eigenvalue weighted by Gasteiger charge is -2.26. The third-order valence-corrected chi connectivity index (χ3v) is 3.88. The molecule has 16 heavy (non-hydrogen) atoms. The third kappa shape index (κ3) is 2.34. The van der Waals surface area contributed by atoms with Crippen LogP contribution in [0.3, 0.4) is 0 Å². The van der Waals surface area contributed by atoms with Crippen LogP contribution in [0.5, 0.6) is 0 Å². The Balaban J connectivity index is 2.33. The van der Waals surface area contributed by atoms with Crippen molar-refractivity contribution >= 4 is 28.8 Å². The highest BCUT2D eigenvalue weighted by Gasteiger charge is 2.27. The van der Waals surface area contributed by atoms with Crippen molar-refractivity contribution in [2.45, 2.75) is 18.2 Å². The van der Waals surface area contributed by atoms with Gasteiger partial charge in [-0.25, -0.2) is 0 Å². The quantitative estimate of drug-likeness (QED) is 0.674. The fourth-order valence-corrected chi connectivity index (χ4v) is 2.47. The Labute approximate surface area is 107 Å². The maximum atomic E-state index is 6.35. The van der Waals surface area contributed by atoms with Crippen LogP contribution in [0.4, 0.5) is 0 Å². The molecule has 1 aliphatic rings. The predicted molar refractivity (Wildman–Crippen MR) is 72.1 cm³/mol. The fourth-order valence-electron chi connectivity index (χ4n) is 2.02. The summed E-state index contributed by atoms with van der Waals surface area (Å²) in [4.78, 5) is -0.399. The van der Waals surface area contributed by atoms with E-state index in [4.69, 9.17) is 23.2 Å². The molecule has 1 unspecified atom stereocenters. The van der Waals surface area contributed by atoms with E-state index in [2.05, 4.69) is 25.1 Å². The molecule has 0 saturated carbocycles. The van der Waals surface area contributed by atoms with E-state index in [-0.39, 0.29) is 0 Å². The number of alkyl halides is 2. The van der Waals surface area contributed by atoms with E-state index in [0.29, 0.717) is 5.88 Å². The van der Waals surface area contributed by atoms with Gasteiger partial charge in [-0.1, -0.05) is 48.1 Å². The summed E-state index contributed by atoms with van der Waals surface area (Å²) >= 11 is 12.2. The minimum atomic E-state index is -0.399. The standard InChI is InChI=1S/C14H14Cl2/c1-11-9-14(16,10-15)8-7-13(11)12-5-3-2-4-6-12/h2-8H,9-10H2,1H3. The van der Waals surface area contributed by atoms with E-state index in [1.54, 1.807) is 0 Å². The molecule has 1 aliphatic carbocycles. The van der Waals surface area contributed by atoms with Crippen LogP contribution in [0.25, 0.3) is 5.57 Å². The van der Waals surface area contributed by atoms with E-state index in [9.17, 15) is 0 Å². The van der Waals surface area contributed by atoms with Crippen LogP contribution in [0, 0.1) is 0 Å². The monoisotopic (exact) mass is 252 g/mol. The Morgan fingerprint density at radius 2 is 1.94 bits per heavy atom. The third-order valence-electron chi connectivity index (χ3n) is 2.87. The highest BCUT2D eigenvalue weighted by molar-refractivity contribution is 6.32. The van der Waals surface area contributed by atoms with Crippen molar-refractivity contribution in [3.05, 3.63) is 53.6 Å². The normalized spacial score (nSPS) is 24.9. The molecule has 2 rings (SSSR count). The topological polar surface area (TPSA) is 0 Å². The molecule has 1 atom stereocenters. The zero-order chi connectivity index (χ0) is 11.6. The Bertz CT molecular complexity index is 431. The van der Waals surface area contributed by atoms with Gasteiger partial charge in [0.2, 0.25) is 0 Å². The van der Waals surface area contributed by atoms with Gasteiger partial charge in [0.15, 0.2) is 0 Å². The van der Waals surface area contributed by atoms with E-state index in [1.807, 2.05) is 24.3 Å². The average Bonchev–Trinajstić information content (AvgIpc) is 2.30. The molecule has 0 saturated heterocycles. The highest BCUT2D eigenvalue weighted by Crippen LogP contribution is 2.36. The number of halogens is 2. The first-order chi connectivity index (χ1) is 7.64. The lowest BCUT2D eigenvalue weighted by molar-refractivity contribution is 0.761. The molecule has 84 valence electrons. The van der Waals surface area contributed by atoms with Gasteiger partial charge in [-0.2, -0.15) is 0 Å². The molecule has 0 amide bonds. The molecule has 0 spiro atoms. The molecule has 0 radical (unpaired) electrons. The molecular formula is C14H14Cl2. The van der Waals surface area contributed by atoms with Crippen LogP contribution in [0.1, 0.15) is 18.9 Å². The Hall–Kier alpha value is -0.720. The first-order valence-corrected chi connectivity index (χ1v) is 6.25. The van der Waals surface area contributed by atoms with Gasteiger partial charge in [0.05, 0.1) is 4.87 Å². The summed E-state index contributed by atoms with van der Waals surface area (Å²) in [5.74, 6) is 0.449. The minimum Gasteiger partial charge on any atom is -0.124 e. The van der Waals surface area contributed by atoms with Gasteiger partial charge in [-0.05, 0) is 24.5 Å². The molecule has 0 fully saturated rings. The van der Waals surface area contributed by atoms with Crippen LogP contribution in [-0.2, 0) is 0 Å². The molecule has 1 aromatic rings. The second-order valence-electron chi connectivity index (χ2n) is 4.24. The predicted octanol–water partition coefficient (Wildman–Crippen LogP) is 4.64. The van der Waals surface area contributed by atoms with Crippen LogP contribution in [0.15, 0.2) is 48.1 Å². The Morgan fingerprint density at radius 3 is 2.50 bits per heavy atom. The summed E-state index contributed by atoms with van der Waals surface area (Å²) in [6, 6.07) is 10.4. The second-order valence-corrected chi connectivity index (χ2v) is 5.26. The first-order valence-electron chi connectivity index (χ1n) is 5.34. The van der Waals surface area contributed by atoms with E-state index in [0.717, 1.165) is 6.42 Å². The van der Waals surface area contributed by atoms with Crippen molar-refractivity contribution in [3.8, 4) is 0 Å². The number of allylic oxidation sites excluding steroid dienone is 4. The van der Waals surface area contributed by atoms with Crippen LogP contribution < -0.4 is 0 Å². The summed E-state index contributed by atoms with van der Waals surface area (Å²) in [5, 5.41) is 0. The van der Waals surface area contributed by atoms with E-state index < -0.39 is 4.87 Å².